The predicted octanol–water partition coefficient (Wildman–Crippen LogP) is 5.17. The van der Waals surface area contributed by atoms with Crippen LogP contribution in [-0.2, 0) is 5.41 Å². The maximum absolute atomic E-state index is 12.7. The van der Waals surface area contributed by atoms with Gasteiger partial charge in [0.2, 0.25) is 0 Å². The molecule has 2 aromatic rings. The first-order valence-corrected chi connectivity index (χ1v) is 13.4. The highest BCUT2D eigenvalue weighted by Crippen LogP contribution is 2.43. The fourth-order valence-corrected chi connectivity index (χ4v) is 6.17. The zero-order valence-corrected chi connectivity index (χ0v) is 21.6. The molecule has 2 aromatic carbocycles. The van der Waals surface area contributed by atoms with Crippen LogP contribution in [0.3, 0.4) is 0 Å². The summed E-state index contributed by atoms with van der Waals surface area (Å²) in [6.07, 6.45) is 3.55. The number of nitrogens with one attached hydrogen (secondary N) is 2. The lowest BCUT2D eigenvalue weighted by molar-refractivity contribution is 0.0266. The summed E-state index contributed by atoms with van der Waals surface area (Å²) in [6, 6.07) is 14.0. The Morgan fingerprint density at radius 3 is 2.65 bits per heavy atom. The van der Waals surface area contributed by atoms with Crippen LogP contribution in [0.5, 0.6) is 0 Å². The number of likely N-dealkylation sites (tertiary alicyclic amines) is 2. The number of halogens is 2. The van der Waals surface area contributed by atoms with Crippen LogP contribution < -0.4 is 10.6 Å². The minimum absolute atomic E-state index is 0.113. The molecule has 0 radical (unpaired) electrons. The van der Waals surface area contributed by atoms with Crippen LogP contribution in [0.1, 0.15) is 31.2 Å². The van der Waals surface area contributed by atoms with Crippen LogP contribution in [0.15, 0.2) is 46.9 Å². The highest BCUT2D eigenvalue weighted by atomic mass is 79.9. The molecule has 8 heteroatoms. The largest absolute Gasteiger partial charge is 0.392 e. The molecule has 3 N–H and O–H groups in total. The number of aliphatic hydroxyl groups is 1. The van der Waals surface area contributed by atoms with E-state index in [1.54, 1.807) is 6.07 Å². The highest BCUT2D eigenvalue weighted by Gasteiger charge is 2.41. The van der Waals surface area contributed by atoms with Gasteiger partial charge in [0.1, 0.15) is 0 Å². The van der Waals surface area contributed by atoms with Gasteiger partial charge in [-0.05, 0) is 90.4 Å². The Kier molecular flexibility index (Phi) is 7.07. The number of piperidine rings is 2. The second-order valence-electron chi connectivity index (χ2n) is 9.93. The molecule has 3 heterocycles. The second kappa shape index (κ2) is 10.1. The summed E-state index contributed by atoms with van der Waals surface area (Å²) < 4.78 is 0.801. The molecule has 1 spiro atoms. The molecule has 2 fully saturated rings. The van der Waals surface area contributed by atoms with E-state index >= 15 is 0 Å². The number of hydrogen-bond donors (Lipinski definition) is 3. The van der Waals surface area contributed by atoms with Crippen molar-refractivity contribution < 1.29 is 9.90 Å². The summed E-state index contributed by atoms with van der Waals surface area (Å²) in [4.78, 5) is 16.9. The molecule has 1 unspecified atom stereocenters. The van der Waals surface area contributed by atoms with Crippen molar-refractivity contribution in [3.8, 4) is 0 Å². The molecule has 34 heavy (non-hydrogen) atoms. The van der Waals surface area contributed by atoms with Crippen molar-refractivity contribution in [2.45, 2.75) is 37.2 Å². The molecule has 5 rings (SSSR count). The number of para-hydroxylation sites is 1. The van der Waals surface area contributed by atoms with Crippen molar-refractivity contribution in [3.63, 3.8) is 0 Å². The molecular formula is C26H32BrClN4O2. The third-order valence-electron chi connectivity index (χ3n) is 7.92. The number of rotatable bonds is 4. The minimum atomic E-state index is -0.349. The first kappa shape index (κ1) is 23.9. The van der Waals surface area contributed by atoms with Crippen LogP contribution in [0.4, 0.5) is 16.2 Å². The highest BCUT2D eigenvalue weighted by molar-refractivity contribution is 9.10. The number of amides is 2. The Balaban J connectivity index is 1.08. The number of anilines is 2. The quantitative estimate of drug-likeness (QED) is 0.494. The van der Waals surface area contributed by atoms with Gasteiger partial charge in [0.25, 0.3) is 0 Å². The van der Waals surface area contributed by atoms with Gasteiger partial charge in [-0.2, -0.15) is 0 Å². The predicted molar refractivity (Wildman–Crippen MR) is 141 cm³/mol. The number of aliphatic hydroxyl groups excluding tert-OH is 1. The van der Waals surface area contributed by atoms with E-state index < -0.39 is 0 Å². The Morgan fingerprint density at radius 1 is 1.18 bits per heavy atom. The van der Waals surface area contributed by atoms with Crippen molar-refractivity contribution in [1.82, 2.24) is 9.80 Å². The van der Waals surface area contributed by atoms with Gasteiger partial charge in [0.05, 0.1) is 11.1 Å². The van der Waals surface area contributed by atoms with Gasteiger partial charge >= 0.3 is 6.03 Å². The van der Waals surface area contributed by atoms with E-state index in [1.807, 2.05) is 17.0 Å². The molecule has 3 aliphatic heterocycles. The summed E-state index contributed by atoms with van der Waals surface area (Å²) >= 11 is 9.49. The molecule has 3 aliphatic rings. The molecule has 2 amide bonds. The Labute approximate surface area is 214 Å². The van der Waals surface area contributed by atoms with Crippen LogP contribution in [0, 0.1) is 5.92 Å². The molecule has 1 atom stereocenters. The Bertz CT molecular complexity index is 1040. The van der Waals surface area contributed by atoms with Gasteiger partial charge in [0.15, 0.2) is 0 Å². The number of fused-ring (bicyclic) bond motifs is 2. The summed E-state index contributed by atoms with van der Waals surface area (Å²) in [5, 5.41) is 18.0. The normalized spacial score (nSPS) is 21.2. The second-order valence-corrected chi connectivity index (χ2v) is 11.2. The molecule has 2 saturated heterocycles. The number of nitrogens with zero attached hydrogens (tertiary/aromatic N) is 2. The zero-order valence-electron chi connectivity index (χ0n) is 19.3. The SMILES string of the molecule is O=C(Nc1ccc(Br)c(Cl)c1)N1CCC(C(O)CN2CCC3(CC2)CNc2ccccc23)CC1. The van der Waals surface area contributed by atoms with Crippen molar-refractivity contribution in [2.24, 2.45) is 5.92 Å². The van der Waals surface area contributed by atoms with Crippen molar-refractivity contribution in [3.05, 3.63) is 57.5 Å². The average Bonchev–Trinajstić information content (AvgIpc) is 3.21. The number of hydrogen-bond acceptors (Lipinski definition) is 4. The summed E-state index contributed by atoms with van der Waals surface area (Å²) in [7, 11) is 0. The lowest BCUT2D eigenvalue weighted by atomic mass is 9.74. The number of carbonyl (C=O) groups is 1. The third-order valence-corrected chi connectivity index (χ3v) is 9.15. The van der Waals surface area contributed by atoms with E-state index in [4.69, 9.17) is 11.6 Å². The number of carbonyl (C=O) groups excluding carboxylic acids is 1. The Hall–Kier alpha value is -1.80. The van der Waals surface area contributed by atoms with E-state index in [-0.39, 0.29) is 23.5 Å². The fraction of sp³-hybridized carbons (Fsp3) is 0.500. The van der Waals surface area contributed by atoms with Gasteiger partial charge < -0.3 is 25.5 Å². The van der Waals surface area contributed by atoms with E-state index in [0.29, 0.717) is 23.8 Å². The molecule has 0 aromatic heterocycles. The first-order chi connectivity index (χ1) is 16.4. The first-order valence-electron chi connectivity index (χ1n) is 12.2. The number of benzene rings is 2. The summed E-state index contributed by atoms with van der Waals surface area (Å²) in [5.74, 6) is 0.232. The van der Waals surface area contributed by atoms with E-state index in [1.165, 1.54) is 11.3 Å². The Morgan fingerprint density at radius 2 is 1.91 bits per heavy atom. The third kappa shape index (κ3) is 4.94. The van der Waals surface area contributed by atoms with Crippen LogP contribution in [-0.4, -0.2) is 66.3 Å². The van der Waals surface area contributed by atoms with Crippen molar-refractivity contribution >= 4 is 44.9 Å². The molecule has 0 bridgehead atoms. The van der Waals surface area contributed by atoms with Crippen molar-refractivity contribution in [2.75, 3.05) is 49.9 Å². The molecule has 0 aliphatic carbocycles. The van der Waals surface area contributed by atoms with Crippen LogP contribution >= 0.6 is 27.5 Å². The fourth-order valence-electron chi connectivity index (χ4n) is 5.75. The molecule has 6 nitrogen and oxygen atoms in total. The van der Waals surface area contributed by atoms with E-state index in [0.717, 1.165) is 56.3 Å². The number of urea groups is 1. The van der Waals surface area contributed by atoms with E-state index in [2.05, 4.69) is 55.7 Å². The standard InChI is InChI=1S/C26H32BrClN4O2/c27-21-6-5-19(15-22(21)28)30-25(34)32-11-7-18(8-12-32)24(33)16-31-13-9-26(10-14-31)17-29-23-4-2-1-3-20(23)26/h1-6,15,18,24,29,33H,7-14,16-17H2,(H,30,34). The number of β-amino-alcohol motifs (C(OH)–C–C–N with tert-alkyl or cyclic N) is 1. The van der Waals surface area contributed by atoms with Crippen LogP contribution in [0.2, 0.25) is 5.02 Å². The minimum Gasteiger partial charge on any atom is -0.392 e. The topological polar surface area (TPSA) is 67.8 Å². The smallest absolute Gasteiger partial charge is 0.321 e. The van der Waals surface area contributed by atoms with Gasteiger partial charge in [-0.15, -0.1) is 0 Å². The zero-order chi connectivity index (χ0) is 23.7. The lowest BCUT2D eigenvalue weighted by Gasteiger charge is -2.41. The van der Waals surface area contributed by atoms with Gasteiger partial charge in [-0.25, -0.2) is 4.79 Å². The molecule has 0 saturated carbocycles. The van der Waals surface area contributed by atoms with Crippen LogP contribution in [0.25, 0.3) is 0 Å². The average molecular weight is 548 g/mol. The summed E-state index contributed by atoms with van der Waals surface area (Å²) in [5.41, 5.74) is 3.68. The van der Waals surface area contributed by atoms with Gasteiger partial charge in [-0.3, -0.25) is 0 Å². The van der Waals surface area contributed by atoms with Gasteiger partial charge in [-0.1, -0.05) is 29.8 Å². The van der Waals surface area contributed by atoms with Gasteiger partial charge in [0, 0.05) is 47.4 Å². The summed E-state index contributed by atoms with van der Waals surface area (Å²) in [6.45, 7) is 5.09. The maximum Gasteiger partial charge on any atom is 0.321 e. The molecule has 182 valence electrons. The van der Waals surface area contributed by atoms with E-state index in [9.17, 15) is 9.90 Å². The van der Waals surface area contributed by atoms with Crippen molar-refractivity contribution in [1.29, 1.82) is 0 Å². The maximum atomic E-state index is 12.7. The monoisotopic (exact) mass is 546 g/mol. The lowest BCUT2D eigenvalue weighted by Crippen LogP contribution is -2.49. The molecular weight excluding hydrogens is 516 g/mol.